The second kappa shape index (κ2) is 4.08. The maximum Gasteiger partial charge on any atom is 0.453 e. The van der Waals surface area contributed by atoms with Crippen LogP contribution >= 0.6 is 0 Å². The second-order valence-corrected chi connectivity index (χ2v) is 3.21. The van der Waals surface area contributed by atoms with Crippen LogP contribution in [0.1, 0.15) is 5.82 Å². The summed E-state index contributed by atoms with van der Waals surface area (Å²) in [5.74, 6) is -0.633. The number of hydrogen-bond acceptors (Lipinski definition) is 3. The standard InChI is InChI=1S/C10H8F3N3O/c1-17-8-4-2-3-7(5-8)16-6-14-9(15-16)10(11,12)13/h2-6H,1H3. The van der Waals surface area contributed by atoms with Crippen molar-refractivity contribution in [3.05, 3.63) is 36.4 Å². The third-order valence-electron chi connectivity index (χ3n) is 2.06. The van der Waals surface area contributed by atoms with Gasteiger partial charge in [-0.1, -0.05) is 6.07 Å². The summed E-state index contributed by atoms with van der Waals surface area (Å²) in [4.78, 5) is 3.21. The normalized spacial score (nSPS) is 11.5. The summed E-state index contributed by atoms with van der Waals surface area (Å²) in [5.41, 5.74) is 0.451. The highest BCUT2D eigenvalue weighted by Gasteiger charge is 2.35. The van der Waals surface area contributed by atoms with Crippen molar-refractivity contribution in [2.45, 2.75) is 6.18 Å². The fourth-order valence-corrected chi connectivity index (χ4v) is 1.27. The van der Waals surface area contributed by atoms with Crippen LogP contribution in [0.3, 0.4) is 0 Å². The molecule has 2 rings (SSSR count). The Balaban J connectivity index is 2.37. The molecule has 0 bridgehead atoms. The van der Waals surface area contributed by atoms with E-state index in [1.165, 1.54) is 7.11 Å². The van der Waals surface area contributed by atoms with Gasteiger partial charge >= 0.3 is 6.18 Å². The molecule has 0 aliphatic heterocycles. The van der Waals surface area contributed by atoms with Crippen molar-refractivity contribution in [3.63, 3.8) is 0 Å². The average molecular weight is 243 g/mol. The van der Waals surface area contributed by atoms with Crippen molar-refractivity contribution >= 4 is 0 Å². The molecule has 90 valence electrons. The van der Waals surface area contributed by atoms with E-state index in [9.17, 15) is 13.2 Å². The first kappa shape index (κ1) is 11.4. The van der Waals surface area contributed by atoms with Crippen molar-refractivity contribution in [1.29, 1.82) is 0 Å². The third kappa shape index (κ3) is 2.38. The van der Waals surface area contributed by atoms with Gasteiger partial charge in [0.2, 0.25) is 0 Å². The topological polar surface area (TPSA) is 39.9 Å². The molecule has 0 amide bonds. The summed E-state index contributed by atoms with van der Waals surface area (Å²) in [7, 11) is 1.47. The predicted molar refractivity (Wildman–Crippen MR) is 52.9 cm³/mol. The van der Waals surface area contributed by atoms with Gasteiger partial charge in [-0.2, -0.15) is 13.2 Å². The summed E-state index contributed by atoms with van der Waals surface area (Å²) in [6, 6.07) is 6.51. The van der Waals surface area contributed by atoms with Crippen LogP contribution in [0.2, 0.25) is 0 Å². The quantitative estimate of drug-likeness (QED) is 0.812. The zero-order valence-electron chi connectivity index (χ0n) is 8.77. The Bertz CT molecular complexity index is 522. The molecule has 1 aromatic carbocycles. The molecule has 2 aromatic rings. The molecule has 0 N–H and O–H groups in total. The minimum absolute atomic E-state index is 0.451. The Morgan fingerprint density at radius 2 is 2.06 bits per heavy atom. The number of hydrogen-bond donors (Lipinski definition) is 0. The number of methoxy groups -OCH3 is 1. The first-order valence-corrected chi connectivity index (χ1v) is 4.64. The number of aromatic nitrogens is 3. The molecule has 0 atom stereocenters. The molecular formula is C10H8F3N3O. The lowest BCUT2D eigenvalue weighted by Gasteiger charge is -2.03. The van der Waals surface area contributed by atoms with E-state index in [4.69, 9.17) is 4.74 Å². The van der Waals surface area contributed by atoms with E-state index in [-0.39, 0.29) is 0 Å². The molecule has 0 unspecified atom stereocenters. The second-order valence-electron chi connectivity index (χ2n) is 3.21. The Morgan fingerprint density at radius 1 is 1.29 bits per heavy atom. The first-order chi connectivity index (χ1) is 8.00. The molecular weight excluding hydrogens is 235 g/mol. The molecule has 0 fully saturated rings. The van der Waals surface area contributed by atoms with E-state index in [1.807, 2.05) is 0 Å². The molecule has 0 aliphatic carbocycles. The minimum Gasteiger partial charge on any atom is -0.497 e. The highest BCUT2D eigenvalue weighted by Crippen LogP contribution is 2.26. The highest BCUT2D eigenvalue weighted by molar-refractivity contribution is 5.38. The first-order valence-electron chi connectivity index (χ1n) is 4.64. The monoisotopic (exact) mass is 243 g/mol. The lowest BCUT2D eigenvalue weighted by molar-refractivity contribution is -0.144. The smallest absolute Gasteiger partial charge is 0.453 e. The van der Waals surface area contributed by atoms with Crippen molar-refractivity contribution in [1.82, 2.24) is 14.8 Å². The van der Waals surface area contributed by atoms with Crippen LogP contribution in [0, 0.1) is 0 Å². The maximum atomic E-state index is 12.3. The Hall–Kier alpha value is -2.05. The number of halogens is 3. The lowest BCUT2D eigenvalue weighted by atomic mass is 10.3. The van der Waals surface area contributed by atoms with E-state index < -0.39 is 12.0 Å². The van der Waals surface area contributed by atoms with E-state index >= 15 is 0 Å². The summed E-state index contributed by atoms with van der Waals surface area (Å²) >= 11 is 0. The summed E-state index contributed by atoms with van der Waals surface area (Å²) in [6.45, 7) is 0. The van der Waals surface area contributed by atoms with Gasteiger partial charge in [0.05, 0.1) is 12.8 Å². The SMILES string of the molecule is COc1cccc(-n2cnc(C(F)(F)F)n2)c1. The van der Waals surface area contributed by atoms with Gasteiger partial charge in [-0.3, -0.25) is 0 Å². The summed E-state index contributed by atoms with van der Waals surface area (Å²) < 4.78 is 42.9. The van der Waals surface area contributed by atoms with Gasteiger partial charge < -0.3 is 4.74 Å². The maximum absolute atomic E-state index is 12.3. The number of benzene rings is 1. The zero-order valence-corrected chi connectivity index (χ0v) is 8.77. The van der Waals surface area contributed by atoms with Gasteiger partial charge in [-0.05, 0) is 12.1 Å². The van der Waals surface area contributed by atoms with E-state index in [1.54, 1.807) is 24.3 Å². The van der Waals surface area contributed by atoms with Crippen LogP contribution in [0.4, 0.5) is 13.2 Å². The van der Waals surface area contributed by atoms with Gasteiger partial charge in [0.25, 0.3) is 5.82 Å². The van der Waals surface area contributed by atoms with Crippen molar-refractivity contribution in [2.75, 3.05) is 7.11 Å². The summed E-state index contributed by atoms with van der Waals surface area (Å²) in [6.07, 6.45) is -3.53. The van der Waals surface area contributed by atoms with Crippen molar-refractivity contribution in [2.24, 2.45) is 0 Å². The molecule has 0 spiro atoms. The number of ether oxygens (including phenoxy) is 1. The predicted octanol–water partition coefficient (Wildman–Crippen LogP) is 2.29. The molecule has 0 aliphatic rings. The molecule has 17 heavy (non-hydrogen) atoms. The van der Waals surface area contributed by atoms with Gasteiger partial charge in [-0.25, -0.2) is 9.67 Å². The number of alkyl halides is 3. The van der Waals surface area contributed by atoms with E-state index in [0.717, 1.165) is 11.0 Å². The van der Waals surface area contributed by atoms with Gasteiger partial charge in [0.15, 0.2) is 0 Å². The lowest BCUT2D eigenvalue weighted by Crippen LogP contribution is -2.08. The van der Waals surface area contributed by atoms with Crippen LogP contribution in [0.15, 0.2) is 30.6 Å². The van der Waals surface area contributed by atoms with Crippen LogP contribution < -0.4 is 4.74 Å². The van der Waals surface area contributed by atoms with Crippen LogP contribution in [0.25, 0.3) is 5.69 Å². The Kier molecular flexibility index (Phi) is 2.74. The molecule has 1 heterocycles. The van der Waals surface area contributed by atoms with Gasteiger partial charge in [-0.15, -0.1) is 5.10 Å². The molecule has 1 aromatic heterocycles. The van der Waals surface area contributed by atoms with Gasteiger partial charge in [0, 0.05) is 6.07 Å². The fourth-order valence-electron chi connectivity index (χ4n) is 1.27. The molecule has 0 saturated carbocycles. The Labute approximate surface area is 94.7 Å². The van der Waals surface area contributed by atoms with Crippen molar-refractivity contribution in [3.8, 4) is 11.4 Å². The fraction of sp³-hybridized carbons (Fsp3) is 0.200. The highest BCUT2D eigenvalue weighted by atomic mass is 19.4. The molecule has 0 saturated heterocycles. The van der Waals surface area contributed by atoms with Gasteiger partial charge in [0.1, 0.15) is 12.1 Å². The van der Waals surface area contributed by atoms with E-state index in [0.29, 0.717) is 11.4 Å². The average Bonchev–Trinajstić information content (AvgIpc) is 2.78. The number of rotatable bonds is 2. The molecule has 7 heteroatoms. The van der Waals surface area contributed by atoms with Crippen molar-refractivity contribution < 1.29 is 17.9 Å². The largest absolute Gasteiger partial charge is 0.497 e. The number of nitrogens with zero attached hydrogens (tertiary/aromatic N) is 3. The third-order valence-corrected chi connectivity index (χ3v) is 2.06. The van der Waals surface area contributed by atoms with Crippen LogP contribution in [-0.2, 0) is 6.18 Å². The van der Waals surface area contributed by atoms with Crippen LogP contribution in [-0.4, -0.2) is 21.9 Å². The summed E-state index contributed by atoms with van der Waals surface area (Å²) in [5, 5.41) is 3.35. The molecule has 0 radical (unpaired) electrons. The zero-order chi connectivity index (χ0) is 12.5. The van der Waals surface area contributed by atoms with E-state index in [2.05, 4.69) is 10.1 Å². The molecule has 4 nitrogen and oxygen atoms in total. The van der Waals surface area contributed by atoms with Crippen LogP contribution in [0.5, 0.6) is 5.75 Å². The minimum atomic E-state index is -4.54. The Morgan fingerprint density at radius 3 is 2.65 bits per heavy atom.